The van der Waals surface area contributed by atoms with Crippen molar-refractivity contribution in [3.05, 3.63) is 46.9 Å². The van der Waals surface area contributed by atoms with Crippen molar-refractivity contribution >= 4 is 34.7 Å². The summed E-state index contributed by atoms with van der Waals surface area (Å²) >= 11 is 6.15. The van der Waals surface area contributed by atoms with Crippen molar-refractivity contribution in [1.82, 2.24) is 4.90 Å². The largest absolute Gasteiger partial charge is 1.00 e. The Bertz CT molecular complexity index is 842. The minimum Gasteiger partial charge on any atom is -0.543 e. The van der Waals surface area contributed by atoms with Crippen LogP contribution >= 0.6 is 11.6 Å². The Labute approximate surface area is 183 Å². The number of aliphatic hydroxyl groups is 1. The van der Waals surface area contributed by atoms with Gasteiger partial charge in [0.15, 0.2) is 0 Å². The molecule has 2 aliphatic rings. The third-order valence-electron chi connectivity index (χ3n) is 4.70. The zero-order chi connectivity index (χ0) is 19.2. The maximum atomic E-state index is 12.3. The number of carbonyl (C=O) groups excluding carboxylic acids is 2. The first-order chi connectivity index (χ1) is 12.3. The van der Waals surface area contributed by atoms with Gasteiger partial charge in [0, 0.05) is 17.4 Å². The summed E-state index contributed by atoms with van der Waals surface area (Å²) in [5, 5.41) is 23.1. The van der Waals surface area contributed by atoms with E-state index in [4.69, 9.17) is 23.2 Å². The number of β-lactam (4-membered cyclic amide) rings is 1. The summed E-state index contributed by atoms with van der Waals surface area (Å²) in [6, 6.07) is 4.43. The van der Waals surface area contributed by atoms with Crippen molar-refractivity contribution in [1.29, 1.82) is 0 Å². The van der Waals surface area contributed by atoms with Gasteiger partial charge in [-0.2, -0.15) is 0 Å². The van der Waals surface area contributed by atoms with Crippen LogP contribution in [0.1, 0.15) is 18.9 Å². The predicted molar refractivity (Wildman–Crippen MR) is 93.8 cm³/mol. The Kier molecular flexibility index (Phi) is 6.62. The molecule has 10 heteroatoms. The molecule has 8 nitrogen and oxygen atoms in total. The van der Waals surface area contributed by atoms with Gasteiger partial charge in [0.1, 0.15) is 0 Å². The number of nitrogens with zero attached hydrogens (tertiary/aromatic N) is 2. The van der Waals surface area contributed by atoms with Gasteiger partial charge in [0.25, 0.3) is 0 Å². The maximum absolute atomic E-state index is 12.3. The molecule has 1 aromatic rings. The van der Waals surface area contributed by atoms with Gasteiger partial charge in [-0.3, -0.25) is 9.80 Å². The molecule has 3 atom stereocenters. The molecule has 5 N–H and O–H groups in total. The van der Waals surface area contributed by atoms with Gasteiger partial charge in [-0.05, 0) is 42.7 Å². The molecule has 1 fully saturated rings. The van der Waals surface area contributed by atoms with Crippen molar-refractivity contribution in [2.45, 2.75) is 25.5 Å². The Morgan fingerprint density at radius 1 is 1.48 bits per heavy atom. The average molecular weight is 401 g/mol. The minimum atomic E-state index is -1.45. The predicted octanol–water partition coefficient (Wildman–Crippen LogP) is -3.47. The summed E-state index contributed by atoms with van der Waals surface area (Å²) in [5.41, 5.74) is 6.56. The fraction of sp³-hybridized carbons (Fsp3) is 0.294. The minimum absolute atomic E-state index is 0. The summed E-state index contributed by atoms with van der Waals surface area (Å²) < 4.78 is 0. The topological polar surface area (TPSA) is 136 Å². The quantitative estimate of drug-likeness (QED) is 0.202. The molecule has 27 heavy (non-hydrogen) atoms. The summed E-state index contributed by atoms with van der Waals surface area (Å²) in [4.78, 5) is 25.1. The van der Waals surface area contributed by atoms with Gasteiger partial charge in [-0.15, -0.1) is 0 Å². The number of halogens is 1. The van der Waals surface area contributed by atoms with Gasteiger partial charge in [-0.1, -0.05) is 11.6 Å². The van der Waals surface area contributed by atoms with Crippen molar-refractivity contribution in [2.75, 3.05) is 5.01 Å². The van der Waals surface area contributed by atoms with Crippen molar-refractivity contribution < 1.29 is 49.4 Å². The number of hydrazine groups is 1. The Balaban J connectivity index is 0.00000261. The summed E-state index contributed by atoms with van der Waals surface area (Å²) in [7, 11) is 0. The number of carboxylic acids is 1. The molecule has 0 bridgehead atoms. The standard InChI is InChI=1S/C17H19ClN4O4.Na/c1-8(23)14-13-7-12(15(17(25)26)22(13)16(14)24)9-4-10(18)6-11(5-9)21(20)3-2-19;/h2-6,8,13-14,23H,7,19-20H2,1H3,(H,25,26);/q;+1/p-1/b3-2-;. The second-order valence-corrected chi connectivity index (χ2v) is 6.74. The van der Waals surface area contributed by atoms with E-state index in [0.717, 1.165) is 0 Å². The van der Waals surface area contributed by atoms with Crippen LogP contribution in [0.4, 0.5) is 5.69 Å². The molecule has 0 aromatic heterocycles. The van der Waals surface area contributed by atoms with E-state index in [9.17, 15) is 19.8 Å². The third kappa shape index (κ3) is 3.73. The summed E-state index contributed by atoms with van der Waals surface area (Å²) in [6.45, 7) is 1.51. The van der Waals surface area contributed by atoms with E-state index < -0.39 is 29.9 Å². The number of rotatable bonds is 5. The Morgan fingerprint density at radius 2 is 2.15 bits per heavy atom. The van der Waals surface area contributed by atoms with Crippen LogP contribution in [0.3, 0.4) is 0 Å². The van der Waals surface area contributed by atoms with E-state index in [0.29, 0.717) is 21.8 Å². The van der Waals surface area contributed by atoms with Gasteiger partial charge >= 0.3 is 29.6 Å². The fourth-order valence-corrected chi connectivity index (χ4v) is 3.82. The number of nitrogens with two attached hydrogens (primary N) is 2. The maximum Gasteiger partial charge on any atom is 1.00 e. The molecule has 138 valence electrons. The number of anilines is 1. The Morgan fingerprint density at radius 3 is 2.70 bits per heavy atom. The van der Waals surface area contributed by atoms with Crippen molar-refractivity contribution in [3.8, 4) is 0 Å². The van der Waals surface area contributed by atoms with Gasteiger partial charge in [0.05, 0.1) is 35.4 Å². The molecule has 0 saturated carbocycles. The van der Waals surface area contributed by atoms with E-state index in [1.54, 1.807) is 18.2 Å². The van der Waals surface area contributed by atoms with Crippen LogP contribution in [0.5, 0.6) is 0 Å². The van der Waals surface area contributed by atoms with Crippen LogP contribution in [-0.4, -0.2) is 34.0 Å². The second kappa shape index (κ2) is 8.22. The molecule has 2 heterocycles. The first-order valence-corrected chi connectivity index (χ1v) is 8.33. The normalized spacial score (nSPS) is 22.4. The number of aliphatic hydroxyl groups excluding tert-OH is 1. The number of hydrogen-bond donors (Lipinski definition) is 3. The summed E-state index contributed by atoms with van der Waals surface area (Å²) in [5.74, 6) is 3.35. The van der Waals surface area contributed by atoms with E-state index in [-0.39, 0.29) is 41.7 Å². The molecule has 1 amide bonds. The molecule has 3 rings (SSSR count). The molecule has 3 unspecified atom stereocenters. The molecule has 2 aliphatic heterocycles. The molecule has 0 aliphatic carbocycles. The molecular formula is C17H18ClN4NaO4. The zero-order valence-electron chi connectivity index (χ0n) is 14.9. The monoisotopic (exact) mass is 400 g/mol. The first kappa shape index (κ1) is 21.7. The second-order valence-electron chi connectivity index (χ2n) is 6.31. The molecule has 1 aromatic carbocycles. The SMILES string of the molecule is CC(O)C1C(=O)N2C(C(=O)[O-])=C(c3cc(Cl)cc(N(N)/C=C\N)c3)CC12.[Na+]. The van der Waals surface area contributed by atoms with E-state index in [2.05, 4.69) is 0 Å². The van der Waals surface area contributed by atoms with Crippen LogP contribution in [0.25, 0.3) is 5.57 Å². The number of carbonyl (C=O) groups is 2. The number of aliphatic carboxylic acids is 1. The van der Waals surface area contributed by atoms with Crippen LogP contribution in [0, 0.1) is 5.92 Å². The zero-order valence-corrected chi connectivity index (χ0v) is 17.7. The smallest absolute Gasteiger partial charge is 0.543 e. The Hall–Kier alpha value is -1.55. The summed E-state index contributed by atoms with van der Waals surface area (Å²) in [6.07, 6.45) is 2.08. The molecule has 1 saturated heterocycles. The first-order valence-electron chi connectivity index (χ1n) is 7.95. The number of hydrogen-bond acceptors (Lipinski definition) is 7. The number of fused-ring (bicyclic) bond motifs is 1. The molecule has 0 radical (unpaired) electrons. The van der Waals surface area contributed by atoms with Crippen LogP contribution < -0.4 is 51.2 Å². The molecule has 0 spiro atoms. The van der Waals surface area contributed by atoms with E-state index in [1.165, 1.54) is 29.2 Å². The van der Waals surface area contributed by atoms with Gasteiger partial charge in [0.2, 0.25) is 5.91 Å². The number of benzene rings is 1. The van der Waals surface area contributed by atoms with Crippen LogP contribution in [0.15, 0.2) is 36.3 Å². The number of carboxylic acid groups (broad SMARTS) is 1. The van der Waals surface area contributed by atoms with Gasteiger partial charge in [-0.25, -0.2) is 5.84 Å². The van der Waals surface area contributed by atoms with E-state index >= 15 is 0 Å². The van der Waals surface area contributed by atoms with Crippen molar-refractivity contribution in [3.63, 3.8) is 0 Å². The number of amides is 1. The van der Waals surface area contributed by atoms with Crippen LogP contribution in [-0.2, 0) is 9.59 Å². The fourth-order valence-electron chi connectivity index (χ4n) is 3.59. The average Bonchev–Trinajstić information content (AvgIpc) is 2.89. The molecular weight excluding hydrogens is 383 g/mol. The third-order valence-corrected chi connectivity index (χ3v) is 4.92. The van der Waals surface area contributed by atoms with E-state index in [1.807, 2.05) is 0 Å². The van der Waals surface area contributed by atoms with Crippen LogP contribution in [0.2, 0.25) is 5.02 Å². The van der Waals surface area contributed by atoms with Gasteiger partial charge < -0.3 is 25.6 Å². The van der Waals surface area contributed by atoms with Crippen molar-refractivity contribution in [2.24, 2.45) is 17.5 Å².